The molecule has 0 radical (unpaired) electrons. The van der Waals surface area contributed by atoms with Crippen LogP contribution in [0.3, 0.4) is 0 Å². The lowest BCUT2D eigenvalue weighted by atomic mass is 10.1. The molecule has 1 aromatic heterocycles. The molecule has 1 unspecified atom stereocenters. The molecule has 0 aliphatic heterocycles. The highest BCUT2D eigenvalue weighted by Gasteiger charge is 2.11. The largest absolute Gasteiger partial charge is 0.389 e. The Balaban J connectivity index is 2.24. The molecule has 0 amide bonds. The molecule has 0 aliphatic carbocycles. The van der Waals surface area contributed by atoms with Crippen molar-refractivity contribution >= 4 is 33.9 Å². The van der Waals surface area contributed by atoms with E-state index in [2.05, 4.69) is 24.1 Å². The van der Waals surface area contributed by atoms with E-state index in [0.29, 0.717) is 11.0 Å². The summed E-state index contributed by atoms with van der Waals surface area (Å²) in [4.78, 5) is 5.07. The highest BCUT2D eigenvalue weighted by atomic mass is 32.1. The smallest absolute Gasteiger partial charge is 0.137 e. The zero-order chi connectivity index (χ0) is 15.2. The summed E-state index contributed by atoms with van der Waals surface area (Å²) in [5, 5.41) is 4.52. The predicted molar refractivity (Wildman–Crippen MR) is 94.9 cm³/mol. The third kappa shape index (κ3) is 4.14. The summed E-state index contributed by atoms with van der Waals surface area (Å²) in [6, 6.07) is 10.4. The molecule has 0 fully saturated rings. The third-order valence-corrected chi connectivity index (χ3v) is 3.83. The molecule has 3 N–H and O–H groups in total. The molecule has 0 spiro atoms. The van der Waals surface area contributed by atoms with Gasteiger partial charge in [-0.2, -0.15) is 0 Å². The average molecular weight is 301 g/mol. The number of unbranched alkanes of at least 4 members (excludes halogenated alkanes) is 2. The fourth-order valence-corrected chi connectivity index (χ4v) is 2.58. The number of nitrogens with zero attached hydrogens (tertiary/aromatic N) is 1. The summed E-state index contributed by atoms with van der Waals surface area (Å²) in [7, 11) is 0. The molecule has 1 heterocycles. The lowest BCUT2D eigenvalue weighted by molar-refractivity contribution is 0.614. The Hall–Kier alpha value is -1.68. The first kappa shape index (κ1) is 15.7. The highest BCUT2D eigenvalue weighted by Crippen LogP contribution is 2.22. The minimum absolute atomic E-state index is 0.360. The molecule has 2 rings (SSSR count). The fraction of sp³-hybridized carbons (Fsp3) is 0.412. The van der Waals surface area contributed by atoms with Crippen LogP contribution >= 0.6 is 12.2 Å². The number of fused-ring (bicyclic) bond motifs is 1. The second-order valence-electron chi connectivity index (χ2n) is 5.48. The molecule has 0 aliphatic rings. The van der Waals surface area contributed by atoms with Crippen molar-refractivity contribution in [3.8, 4) is 0 Å². The fourth-order valence-electron chi connectivity index (χ4n) is 2.42. The van der Waals surface area contributed by atoms with Crippen molar-refractivity contribution in [2.24, 2.45) is 5.73 Å². The van der Waals surface area contributed by atoms with E-state index < -0.39 is 0 Å². The Morgan fingerprint density at radius 2 is 2.10 bits per heavy atom. The second kappa shape index (κ2) is 7.36. The zero-order valence-corrected chi connectivity index (χ0v) is 13.5. The number of nitrogens with two attached hydrogens (primary N) is 1. The first-order chi connectivity index (χ1) is 10.1. The van der Waals surface area contributed by atoms with Crippen molar-refractivity contribution in [3.63, 3.8) is 0 Å². The van der Waals surface area contributed by atoms with Crippen LogP contribution in [0.4, 0.5) is 5.82 Å². The van der Waals surface area contributed by atoms with Gasteiger partial charge in [-0.3, -0.25) is 0 Å². The van der Waals surface area contributed by atoms with E-state index in [4.69, 9.17) is 18.0 Å². The molecule has 0 bridgehead atoms. The molecular weight excluding hydrogens is 278 g/mol. The summed E-state index contributed by atoms with van der Waals surface area (Å²) in [6.07, 6.45) is 4.85. The number of hydrogen-bond acceptors (Lipinski definition) is 3. The lowest BCUT2D eigenvalue weighted by Crippen LogP contribution is -2.20. The van der Waals surface area contributed by atoms with E-state index >= 15 is 0 Å². The first-order valence-electron chi connectivity index (χ1n) is 7.58. The van der Waals surface area contributed by atoms with Crippen molar-refractivity contribution < 1.29 is 0 Å². The van der Waals surface area contributed by atoms with Gasteiger partial charge in [0.1, 0.15) is 10.8 Å². The van der Waals surface area contributed by atoms with Gasteiger partial charge in [0, 0.05) is 11.4 Å². The molecule has 21 heavy (non-hydrogen) atoms. The Kier molecular flexibility index (Phi) is 5.51. The van der Waals surface area contributed by atoms with Crippen molar-refractivity contribution in [2.45, 2.75) is 45.6 Å². The topological polar surface area (TPSA) is 50.9 Å². The van der Waals surface area contributed by atoms with E-state index in [1.807, 2.05) is 30.3 Å². The Morgan fingerprint density at radius 3 is 2.81 bits per heavy atom. The lowest BCUT2D eigenvalue weighted by Gasteiger charge is -2.17. The van der Waals surface area contributed by atoms with E-state index in [0.717, 1.165) is 28.7 Å². The van der Waals surface area contributed by atoms with Gasteiger partial charge in [-0.15, -0.1) is 0 Å². The number of nitrogens with one attached hydrogen (secondary N) is 1. The maximum atomic E-state index is 5.85. The van der Waals surface area contributed by atoms with Gasteiger partial charge in [0.05, 0.1) is 11.1 Å². The number of thiocarbonyl (C=S) groups is 1. The van der Waals surface area contributed by atoms with Crippen LogP contribution < -0.4 is 11.1 Å². The van der Waals surface area contributed by atoms with Gasteiger partial charge >= 0.3 is 0 Å². The zero-order valence-electron chi connectivity index (χ0n) is 12.7. The van der Waals surface area contributed by atoms with Crippen molar-refractivity contribution in [3.05, 3.63) is 35.9 Å². The first-order valence-corrected chi connectivity index (χ1v) is 7.98. The molecule has 4 heteroatoms. The molecule has 1 atom stereocenters. The van der Waals surface area contributed by atoms with Gasteiger partial charge in [0.2, 0.25) is 0 Å². The number of para-hydroxylation sites is 1. The molecule has 1 aromatic carbocycles. The quantitative estimate of drug-likeness (QED) is 0.593. The van der Waals surface area contributed by atoms with Crippen LogP contribution in [0, 0.1) is 0 Å². The van der Waals surface area contributed by atoms with Gasteiger partial charge in [-0.05, 0) is 25.5 Å². The van der Waals surface area contributed by atoms with Crippen molar-refractivity contribution in [1.82, 2.24) is 4.98 Å². The van der Waals surface area contributed by atoms with Gasteiger partial charge in [0.15, 0.2) is 0 Å². The summed E-state index contributed by atoms with van der Waals surface area (Å²) >= 11 is 5.17. The minimum atomic E-state index is 0.360. The normalized spacial score (nSPS) is 12.3. The SMILES string of the molecule is CCCCCC(C)Nc1nc2ccccc2cc1C(N)=S. The number of anilines is 1. The number of benzene rings is 1. The summed E-state index contributed by atoms with van der Waals surface area (Å²) < 4.78 is 0. The predicted octanol–water partition coefficient (Wildman–Crippen LogP) is 4.25. The second-order valence-corrected chi connectivity index (χ2v) is 5.92. The average Bonchev–Trinajstić information content (AvgIpc) is 2.46. The van der Waals surface area contributed by atoms with Crippen LogP contribution in [0.25, 0.3) is 10.9 Å². The highest BCUT2D eigenvalue weighted by molar-refractivity contribution is 7.80. The molecule has 2 aromatic rings. The Labute approximate surface area is 132 Å². The van der Waals surface area contributed by atoms with Crippen LogP contribution in [-0.2, 0) is 0 Å². The van der Waals surface area contributed by atoms with E-state index in [9.17, 15) is 0 Å². The van der Waals surface area contributed by atoms with Gasteiger partial charge in [-0.25, -0.2) is 4.98 Å². The monoisotopic (exact) mass is 301 g/mol. The molecule has 0 saturated heterocycles. The maximum Gasteiger partial charge on any atom is 0.137 e. The molecule has 3 nitrogen and oxygen atoms in total. The van der Waals surface area contributed by atoms with E-state index in [1.165, 1.54) is 19.3 Å². The summed E-state index contributed by atoms with van der Waals surface area (Å²) in [5.74, 6) is 0.796. The minimum Gasteiger partial charge on any atom is -0.389 e. The van der Waals surface area contributed by atoms with Crippen LogP contribution in [0.2, 0.25) is 0 Å². The van der Waals surface area contributed by atoms with Gasteiger partial charge < -0.3 is 11.1 Å². The van der Waals surface area contributed by atoms with Gasteiger partial charge in [0.25, 0.3) is 0 Å². The van der Waals surface area contributed by atoms with Crippen LogP contribution in [0.15, 0.2) is 30.3 Å². The van der Waals surface area contributed by atoms with Crippen LogP contribution in [0.5, 0.6) is 0 Å². The summed E-state index contributed by atoms with van der Waals surface area (Å²) in [6.45, 7) is 4.39. The number of pyridine rings is 1. The molecule has 0 saturated carbocycles. The van der Waals surface area contributed by atoms with Gasteiger partial charge in [-0.1, -0.05) is 56.6 Å². The number of rotatable bonds is 7. The Morgan fingerprint density at radius 1 is 1.33 bits per heavy atom. The standard InChI is InChI=1S/C17H23N3S/c1-3-4-5-8-12(2)19-17-14(16(18)21)11-13-9-6-7-10-15(13)20-17/h6-7,9-12H,3-5,8H2,1-2H3,(H2,18,21)(H,19,20). The van der Waals surface area contributed by atoms with Crippen molar-refractivity contribution in [2.75, 3.05) is 5.32 Å². The number of aromatic nitrogens is 1. The van der Waals surface area contributed by atoms with Crippen molar-refractivity contribution in [1.29, 1.82) is 0 Å². The summed E-state index contributed by atoms with van der Waals surface area (Å²) in [5.41, 5.74) is 7.64. The Bertz CT molecular complexity index is 624. The number of hydrogen-bond donors (Lipinski definition) is 2. The van der Waals surface area contributed by atoms with Crippen LogP contribution in [-0.4, -0.2) is 16.0 Å². The van der Waals surface area contributed by atoms with E-state index in [1.54, 1.807) is 0 Å². The molecular formula is C17H23N3S. The maximum absolute atomic E-state index is 5.85. The van der Waals surface area contributed by atoms with Crippen LogP contribution in [0.1, 0.15) is 45.1 Å². The van der Waals surface area contributed by atoms with E-state index in [-0.39, 0.29) is 0 Å². The molecule has 112 valence electrons. The third-order valence-electron chi connectivity index (χ3n) is 3.61.